The topological polar surface area (TPSA) is 266 Å². The van der Waals surface area contributed by atoms with Crippen LogP contribution in [0, 0.1) is 0 Å². The summed E-state index contributed by atoms with van der Waals surface area (Å²) in [6.45, 7) is -1.11. The standard InChI is InChI=1S/C26H32N6O12/c33-15(9-13-31-17(35)5-6-18(31)36)29-23(25(43)27-11-1-3-21(39)40)24(26(44)28-12-2-4-22(41)42)30-16(34)10-14-32-19(37)7-8-20(32)38/h5-8,23-24H,1-4,9-14H2,(H,27,43)(H,28,44)(H,29,33)(H,30,34)(H,39,40)(H,41,42)/t23-,24+. The van der Waals surface area contributed by atoms with Gasteiger partial charge in [0.2, 0.25) is 23.6 Å². The molecule has 18 nitrogen and oxygen atoms in total. The largest absolute Gasteiger partial charge is 0.481 e. The monoisotopic (exact) mass is 620 g/mol. The summed E-state index contributed by atoms with van der Waals surface area (Å²) >= 11 is 0. The molecule has 0 saturated heterocycles. The van der Waals surface area contributed by atoms with E-state index < -0.39 is 84.1 Å². The fourth-order valence-corrected chi connectivity index (χ4v) is 3.94. The summed E-state index contributed by atoms with van der Waals surface area (Å²) in [5.41, 5.74) is 0. The van der Waals surface area contributed by atoms with Crippen LogP contribution in [0.25, 0.3) is 0 Å². The normalized spacial score (nSPS) is 15.3. The molecule has 2 rings (SSSR count). The van der Waals surface area contributed by atoms with Gasteiger partial charge < -0.3 is 31.5 Å². The van der Waals surface area contributed by atoms with Crippen molar-refractivity contribution in [2.75, 3.05) is 26.2 Å². The molecule has 2 heterocycles. The van der Waals surface area contributed by atoms with E-state index in [1.165, 1.54) is 0 Å². The van der Waals surface area contributed by atoms with E-state index in [1.807, 2.05) is 0 Å². The van der Waals surface area contributed by atoms with Crippen LogP contribution >= 0.6 is 0 Å². The molecule has 0 aromatic heterocycles. The van der Waals surface area contributed by atoms with Crippen molar-refractivity contribution in [3.8, 4) is 0 Å². The lowest BCUT2D eigenvalue weighted by atomic mass is 10.0. The first-order valence-corrected chi connectivity index (χ1v) is 13.4. The van der Waals surface area contributed by atoms with Crippen LogP contribution in [-0.2, 0) is 47.9 Å². The Balaban J connectivity index is 2.22. The van der Waals surface area contributed by atoms with Gasteiger partial charge in [-0.25, -0.2) is 0 Å². The summed E-state index contributed by atoms with van der Waals surface area (Å²) in [6, 6.07) is -3.62. The molecular weight excluding hydrogens is 588 g/mol. The van der Waals surface area contributed by atoms with E-state index in [0.29, 0.717) is 0 Å². The predicted octanol–water partition coefficient (Wildman–Crippen LogP) is -3.45. The number of nitrogens with one attached hydrogen (secondary N) is 4. The maximum atomic E-state index is 13.2. The molecule has 2 aliphatic rings. The Kier molecular flexibility index (Phi) is 13.3. The number of hydrogen-bond donors (Lipinski definition) is 6. The lowest BCUT2D eigenvalue weighted by Crippen LogP contribution is -2.64. The summed E-state index contributed by atoms with van der Waals surface area (Å²) in [5.74, 6) is -8.73. The molecule has 238 valence electrons. The highest BCUT2D eigenvalue weighted by Crippen LogP contribution is 2.07. The fraction of sp³-hybridized carbons (Fsp3) is 0.462. The third-order valence-corrected chi connectivity index (χ3v) is 6.19. The number of amides is 8. The predicted molar refractivity (Wildman–Crippen MR) is 145 cm³/mol. The van der Waals surface area contributed by atoms with E-state index in [4.69, 9.17) is 10.2 Å². The second kappa shape index (κ2) is 16.9. The molecule has 0 bridgehead atoms. The molecule has 6 N–H and O–H groups in total. The van der Waals surface area contributed by atoms with Crippen molar-refractivity contribution >= 4 is 59.2 Å². The van der Waals surface area contributed by atoms with Gasteiger partial charge in [-0.2, -0.15) is 0 Å². The highest BCUT2D eigenvalue weighted by molar-refractivity contribution is 6.13. The molecule has 0 aromatic carbocycles. The zero-order chi connectivity index (χ0) is 32.8. The second-order valence-electron chi connectivity index (χ2n) is 9.49. The smallest absolute Gasteiger partial charge is 0.303 e. The molecule has 0 fully saturated rings. The van der Waals surface area contributed by atoms with Gasteiger partial charge >= 0.3 is 11.9 Å². The van der Waals surface area contributed by atoms with Crippen LogP contribution in [0.15, 0.2) is 24.3 Å². The van der Waals surface area contributed by atoms with Crippen molar-refractivity contribution in [2.45, 2.75) is 50.6 Å². The maximum Gasteiger partial charge on any atom is 0.303 e. The average Bonchev–Trinajstić information content (AvgIpc) is 3.46. The number of nitrogens with zero attached hydrogens (tertiary/aromatic N) is 2. The summed E-state index contributed by atoms with van der Waals surface area (Å²) in [6.07, 6.45) is 2.40. The second-order valence-corrected chi connectivity index (χ2v) is 9.49. The molecule has 8 amide bonds. The molecule has 0 radical (unpaired) electrons. The Bertz CT molecular complexity index is 1140. The van der Waals surface area contributed by atoms with Crippen LogP contribution in [0.2, 0.25) is 0 Å². The van der Waals surface area contributed by atoms with E-state index in [0.717, 1.165) is 34.1 Å². The number of hydrogen-bond acceptors (Lipinski definition) is 10. The van der Waals surface area contributed by atoms with Crippen LogP contribution in [-0.4, -0.2) is 117 Å². The Labute approximate surface area is 249 Å². The van der Waals surface area contributed by atoms with Crippen LogP contribution in [0.4, 0.5) is 0 Å². The zero-order valence-electron chi connectivity index (χ0n) is 23.4. The summed E-state index contributed by atoms with van der Waals surface area (Å²) in [7, 11) is 0. The van der Waals surface area contributed by atoms with E-state index in [1.54, 1.807) is 0 Å². The van der Waals surface area contributed by atoms with Crippen molar-refractivity contribution < 1.29 is 58.2 Å². The number of carbonyl (C=O) groups excluding carboxylic acids is 8. The van der Waals surface area contributed by atoms with Gasteiger partial charge in [-0.3, -0.25) is 57.7 Å². The number of aliphatic carboxylic acids is 2. The number of carbonyl (C=O) groups is 10. The third-order valence-electron chi connectivity index (χ3n) is 6.19. The number of imide groups is 2. The van der Waals surface area contributed by atoms with Gasteiger partial charge in [0.1, 0.15) is 12.1 Å². The first kappa shape index (κ1) is 34.8. The Morgan fingerprint density at radius 2 is 0.886 bits per heavy atom. The molecule has 0 aliphatic carbocycles. The molecule has 18 heteroatoms. The summed E-state index contributed by atoms with van der Waals surface area (Å²) in [4.78, 5) is 122. The van der Waals surface area contributed by atoms with Gasteiger partial charge in [-0.15, -0.1) is 0 Å². The van der Waals surface area contributed by atoms with Crippen molar-refractivity contribution in [3.63, 3.8) is 0 Å². The minimum atomic E-state index is -1.81. The molecular formula is C26H32N6O12. The van der Waals surface area contributed by atoms with Gasteiger partial charge in [0.05, 0.1) is 0 Å². The fourth-order valence-electron chi connectivity index (χ4n) is 3.94. The van der Waals surface area contributed by atoms with Crippen molar-refractivity contribution in [3.05, 3.63) is 24.3 Å². The molecule has 0 saturated carbocycles. The molecule has 0 aromatic rings. The molecule has 2 aliphatic heterocycles. The van der Waals surface area contributed by atoms with Crippen LogP contribution in [0.5, 0.6) is 0 Å². The van der Waals surface area contributed by atoms with E-state index in [9.17, 15) is 47.9 Å². The minimum Gasteiger partial charge on any atom is -0.481 e. The zero-order valence-corrected chi connectivity index (χ0v) is 23.4. The number of carboxylic acid groups (broad SMARTS) is 2. The number of rotatable bonds is 19. The average molecular weight is 621 g/mol. The molecule has 2 atom stereocenters. The van der Waals surface area contributed by atoms with Crippen LogP contribution in [0.1, 0.15) is 38.5 Å². The van der Waals surface area contributed by atoms with Gasteiger partial charge in [-0.05, 0) is 12.8 Å². The first-order valence-electron chi connectivity index (χ1n) is 13.4. The highest BCUT2D eigenvalue weighted by Gasteiger charge is 2.37. The highest BCUT2D eigenvalue weighted by atomic mass is 16.4. The minimum absolute atomic E-state index is 0.0156. The lowest BCUT2D eigenvalue weighted by Gasteiger charge is -2.28. The van der Waals surface area contributed by atoms with Crippen LogP contribution in [0.3, 0.4) is 0 Å². The third kappa shape index (κ3) is 11.1. The van der Waals surface area contributed by atoms with Crippen LogP contribution < -0.4 is 21.3 Å². The molecule has 0 unspecified atom stereocenters. The Morgan fingerprint density at radius 3 is 1.18 bits per heavy atom. The number of carboxylic acids is 2. The van der Waals surface area contributed by atoms with E-state index >= 15 is 0 Å². The van der Waals surface area contributed by atoms with Crippen molar-refractivity contribution in [1.29, 1.82) is 0 Å². The van der Waals surface area contributed by atoms with Gasteiger partial charge in [0.25, 0.3) is 23.6 Å². The maximum absolute atomic E-state index is 13.2. The van der Waals surface area contributed by atoms with Gasteiger partial charge in [0, 0.05) is 76.2 Å². The quantitative estimate of drug-likeness (QED) is 0.0608. The molecule has 0 spiro atoms. The van der Waals surface area contributed by atoms with E-state index in [2.05, 4.69) is 21.3 Å². The van der Waals surface area contributed by atoms with Crippen molar-refractivity contribution in [1.82, 2.24) is 31.1 Å². The van der Waals surface area contributed by atoms with E-state index in [-0.39, 0.29) is 51.9 Å². The Morgan fingerprint density at radius 1 is 0.568 bits per heavy atom. The van der Waals surface area contributed by atoms with Crippen molar-refractivity contribution in [2.24, 2.45) is 0 Å². The van der Waals surface area contributed by atoms with Gasteiger partial charge in [0.15, 0.2) is 0 Å². The Hall–Kier alpha value is -5.42. The van der Waals surface area contributed by atoms with Gasteiger partial charge in [-0.1, -0.05) is 0 Å². The molecule has 44 heavy (non-hydrogen) atoms. The SMILES string of the molecule is O=C(O)CCCNC(=O)[C@@H](NC(=O)CCN1C(=O)C=CC1=O)[C@@H](NC(=O)CCN1C(=O)C=CC1=O)C(=O)NCCCC(=O)O. The lowest BCUT2D eigenvalue weighted by molar-refractivity contribution is -0.140. The first-order chi connectivity index (χ1) is 20.8. The summed E-state index contributed by atoms with van der Waals surface area (Å²) in [5, 5.41) is 27.0. The summed E-state index contributed by atoms with van der Waals surface area (Å²) < 4.78 is 0.